The summed E-state index contributed by atoms with van der Waals surface area (Å²) in [6.45, 7) is 1.93. The largest absolute Gasteiger partial charge is 0.510 e. The Morgan fingerprint density at radius 2 is 1.88 bits per heavy atom. The number of primary amides is 1. The van der Waals surface area contributed by atoms with Crippen molar-refractivity contribution >= 4 is 17.5 Å². The molecular weight excluding hydrogens is 416 g/mol. The number of aliphatic hydroxyl groups excluding tert-OH is 2. The summed E-state index contributed by atoms with van der Waals surface area (Å²) in [5.41, 5.74) is 3.34. The van der Waals surface area contributed by atoms with Crippen molar-refractivity contribution in [3.63, 3.8) is 0 Å². The average Bonchev–Trinajstić information content (AvgIpc) is 2.70. The highest BCUT2D eigenvalue weighted by Crippen LogP contribution is 2.52. The molecule has 1 amide bonds. The van der Waals surface area contributed by atoms with Gasteiger partial charge in [0.25, 0.3) is 5.91 Å². The standard InChI is InChI=1S/C23H26N2O7/c1-4-9-5-6-13(26)15-11(9)7-10-8-12-17(25(2)3)19(28)16(22(24)31)21(30)23(12,32)20(29)14(10)18(15)27/h5-6,10,12,17,26,28-29,32H,4,7-8H2,1-3H3,(H2,24,31)/t10-,12+,17+,23-/m0/s1. The van der Waals surface area contributed by atoms with Crippen molar-refractivity contribution in [1.29, 1.82) is 0 Å². The summed E-state index contributed by atoms with van der Waals surface area (Å²) in [5.74, 6) is -6.37. The smallest absolute Gasteiger partial charge is 0.255 e. The molecule has 6 N–H and O–H groups in total. The van der Waals surface area contributed by atoms with Gasteiger partial charge in [0.1, 0.15) is 22.8 Å². The lowest BCUT2D eigenvalue weighted by molar-refractivity contribution is -0.148. The molecule has 3 aliphatic carbocycles. The van der Waals surface area contributed by atoms with E-state index >= 15 is 0 Å². The molecule has 0 saturated carbocycles. The van der Waals surface area contributed by atoms with Crippen molar-refractivity contribution in [3.05, 3.63) is 51.5 Å². The predicted octanol–water partition coefficient (Wildman–Crippen LogP) is 0.683. The number of nitrogens with two attached hydrogens (primary N) is 1. The van der Waals surface area contributed by atoms with Gasteiger partial charge in [0.15, 0.2) is 11.4 Å². The maximum absolute atomic E-state index is 13.4. The van der Waals surface area contributed by atoms with Crippen LogP contribution in [0.5, 0.6) is 5.75 Å². The normalized spacial score (nSPS) is 29.7. The Balaban J connectivity index is 1.98. The second-order valence-electron chi connectivity index (χ2n) is 8.91. The molecule has 0 radical (unpaired) electrons. The van der Waals surface area contributed by atoms with Crippen molar-refractivity contribution < 1.29 is 34.8 Å². The Morgan fingerprint density at radius 1 is 1.22 bits per heavy atom. The van der Waals surface area contributed by atoms with Gasteiger partial charge in [-0.2, -0.15) is 0 Å². The van der Waals surface area contributed by atoms with Gasteiger partial charge in [-0.05, 0) is 56.5 Å². The summed E-state index contributed by atoms with van der Waals surface area (Å²) in [4.78, 5) is 40.0. The van der Waals surface area contributed by atoms with Crippen molar-refractivity contribution in [1.82, 2.24) is 4.90 Å². The van der Waals surface area contributed by atoms with Gasteiger partial charge in [-0.3, -0.25) is 19.3 Å². The predicted molar refractivity (Wildman–Crippen MR) is 113 cm³/mol. The highest BCUT2D eigenvalue weighted by atomic mass is 16.3. The van der Waals surface area contributed by atoms with Gasteiger partial charge in [-0.1, -0.05) is 13.0 Å². The molecule has 9 nitrogen and oxygen atoms in total. The zero-order valence-corrected chi connectivity index (χ0v) is 18.0. The second kappa shape index (κ2) is 7.18. The molecule has 0 unspecified atom stereocenters. The summed E-state index contributed by atoms with van der Waals surface area (Å²) in [6.07, 6.45) is 1.03. The lowest BCUT2D eigenvalue weighted by atomic mass is 9.58. The van der Waals surface area contributed by atoms with Gasteiger partial charge in [0.05, 0.1) is 11.6 Å². The van der Waals surface area contributed by atoms with E-state index in [0.29, 0.717) is 18.4 Å². The molecule has 32 heavy (non-hydrogen) atoms. The Morgan fingerprint density at radius 3 is 2.44 bits per heavy atom. The lowest BCUT2D eigenvalue weighted by Gasteiger charge is -2.50. The van der Waals surface area contributed by atoms with Crippen LogP contribution in [0.1, 0.15) is 34.8 Å². The number of fused-ring (bicyclic) bond motifs is 3. The number of carbonyl (C=O) groups excluding carboxylic acids is 3. The summed E-state index contributed by atoms with van der Waals surface area (Å²) < 4.78 is 0. The molecule has 0 bridgehead atoms. The SMILES string of the molecule is CCc1ccc(O)c2c1C[C@H]1C[C@@H]3[C@@H](N(C)C)C(O)=C(C(N)=O)C(=O)[C@@]3(O)C(O)=C1C2=O. The van der Waals surface area contributed by atoms with Gasteiger partial charge in [-0.15, -0.1) is 0 Å². The van der Waals surface area contributed by atoms with E-state index in [0.717, 1.165) is 5.56 Å². The molecule has 3 aliphatic rings. The van der Waals surface area contributed by atoms with E-state index in [1.807, 2.05) is 6.92 Å². The molecule has 0 heterocycles. The number of hydrogen-bond acceptors (Lipinski definition) is 8. The number of amides is 1. The number of ketones is 2. The van der Waals surface area contributed by atoms with Crippen molar-refractivity contribution in [3.8, 4) is 5.75 Å². The molecule has 4 rings (SSSR count). The van der Waals surface area contributed by atoms with Crippen molar-refractivity contribution in [2.24, 2.45) is 17.6 Å². The number of Topliss-reactive ketones (excluding diaryl/α,β-unsaturated/α-hetero) is 2. The number of allylic oxidation sites excluding steroid dienone is 1. The highest BCUT2D eigenvalue weighted by Gasteiger charge is 2.63. The van der Waals surface area contributed by atoms with Crippen LogP contribution in [-0.2, 0) is 22.4 Å². The molecule has 0 aliphatic heterocycles. The fourth-order valence-electron chi connectivity index (χ4n) is 5.65. The molecule has 1 aromatic carbocycles. The van der Waals surface area contributed by atoms with Crippen LogP contribution in [0.4, 0.5) is 0 Å². The van der Waals surface area contributed by atoms with Crippen LogP contribution >= 0.6 is 0 Å². The number of carbonyl (C=O) groups is 3. The van der Waals surface area contributed by atoms with Gasteiger partial charge in [0.2, 0.25) is 5.78 Å². The van der Waals surface area contributed by atoms with Crippen LogP contribution in [0.25, 0.3) is 0 Å². The lowest BCUT2D eigenvalue weighted by Crippen LogP contribution is -2.63. The number of aryl methyl sites for hydroxylation is 1. The molecule has 170 valence electrons. The number of nitrogens with zero attached hydrogens (tertiary/aromatic N) is 1. The highest BCUT2D eigenvalue weighted by molar-refractivity contribution is 6.24. The fourth-order valence-corrected chi connectivity index (χ4v) is 5.65. The Bertz CT molecular complexity index is 1130. The number of benzene rings is 1. The first-order valence-corrected chi connectivity index (χ1v) is 10.4. The zero-order valence-electron chi connectivity index (χ0n) is 18.0. The topological polar surface area (TPSA) is 161 Å². The third-order valence-corrected chi connectivity index (χ3v) is 7.08. The van der Waals surface area contributed by atoms with E-state index in [1.165, 1.54) is 11.0 Å². The van der Waals surface area contributed by atoms with Crippen LogP contribution in [0.15, 0.2) is 34.8 Å². The summed E-state index contributed by atoms with van der Waals surface area (Å²) in [7, 11) is 3.20. The molecule has 0 aromatic heterocycles. The maximum Gasteiger partial charge on any atom is 0.255 e. The quantitative estimate of drug-likeness (QED) is 0.427. The van der Waals surface area contributed by atoms with Crippen LogP contribution in [0, 0.1) is 11.8 Å². The Labute approximate surface area is 184 Å². The Kier molecular flexibility index (Phi) is 4.94. The van der Waals surface area contributed by atoms with E-state index in [-0.39, 0.29) is 23.3 Å². The fraction of sp³-hybridized carbons (Fsp3) is 0.435. The summed E-state index contributed by atoms with van der Waals surface area (Å²) in [6, 6.07) is 2.17. The maximum atomic E-state index is 13.4. The molecule has 4 atom stereocenters. The van der Waals surface area contributed by atoms with Crippen LogP contribution < -0.4 is 5.73 Å². The van der Waals surface area contributed by atoms with E-state index in [4.69, 9.17) is 5.73 Å². The average molecular weight is 442 g/mol. The molecule has 9 heteroatoms. The van der Waals surface area contributed by atoms with Gasteiger partial charge >= 0.3 is 0 Å². The first-order valence-electron chi connectivity index (χ1n) is 10.4. The number of hydrogen-bond donors (Lipinski definition) is 5. The minimum Gasteiger partial charge on any atom is -0.510 e. The first kappa shape index (κ1) is 22.0. The van der Waals surface area contributed by atoms with E-state index < -0.39 is 58.0 Å². The van der Waals surface area contributed by atoms with Gasteiger partial charge < -0.3 is 26.2 Å². The number of rotatable bonds is 3. The number of likely N-dealkylation sites (N-methyl/N-ethyl adjacent to an activating group) is 1. The van der Waals surface area contributed by atoms with E-state index in [9.17, 15) is 34.8 Å². The van der Waals surface area contributed by atoms with Crippen molar-refractivity contribution in [2.45, 2.75) is 37.8 Å². The van der Waals surface area contributed by atoms with Gasteiger partial charge in [-0.25, -0.2) is 0 Å². The first-order chi connectivity index (χ1) is 15.0. The molecule has 1 aromatic rings. The minimum atomic E-state index is -2.61. The van der Waals surface area contributed by atoms with E-state index in [1.54, 1.807) is 20.2 Å². The van der Waals surface area contributed by atoms with Crippen LogP contribution in [-0.4, -0.2) is 68.5 Å². The second-order valence-corrected chi connectivity index (χ2v) is 8.91. The summed E-state index contributed by atoms with van der Waals surface area (Å²) in [5, 5.41) is 43.8. The third-order valence-electron chi connectivity index (χ3n) is 7.08. The number of aliphatic hydroxyl groups is 3. The number of phenols is 1. The monoisotopic (exact) mass is 442 g/mol. The number of aromatic hydroxyl groups is 1. The van der Waals surface area contributed by atoms with E-state index in [2.05, 4.69) is 0 Å². The van der Waals surface area contributed by atoms with Crippen molar-refractivity contribution in [2.75, 3.05) is 14.1 Å². The third kappa shape index (κ3) is 2.67. The molecule has 0 fully saturated rings. The minimum absolute atomic E-state index is 0.0464. The van der Waals surface area contributed by atoms with Gasteiger partial charge in [0, 0.05) is 11.5 Å². The van der Waals surface area contributed by atoms with Crippen LogP contribution in [0.2, 0.25) is 0 Å². The molecule has 0 saturated heterocycles. The molecule has 0 spiro atoms. The van der Waals surface area contributed by atoms with Crippen LogP contribution in [0.3, 0.4) is 0 Å². The molecular formula is C23H26N2O7. The Hall–Kier alpha value is -3.17. The summed E-state index contributed by atoms with van der Waals surface area (Å²) >= 11 is 0. The zero-order chi connectivity index (χ0) is 23.7. The number of phenolic OH excluding ortho intramolecular Hbond substituents is 1.